The van der Waals surface area contributed by atoms with E-state index in [-0.39, 0.29) is 18.8 Å². The monoisotopic (exact) mass is 529 g/mol. The Labute approximate surface area is 220 Å². The average molecular weight is 530 g/mol. The first-order valence-electron chi connectivity index (χ1n) is 12.1. The van der Waals surface area contributed by atoms with E-state index < -0.39 is 60.2 Å². The van der Waals surface area contributed by atoms with Crippen LogP contribution in [0.3, 0.4) is 0 Å². The second kappa shape index (κ2) is 14.5. The summed E-state index contributed by atoms with van der Waals surface area (Å²) in [5.74, 6) is -4.29. The van der Waals surface area contributed by atoms with Crippen LogP contribution in [0.2, 0.25) is 0 Å². The number of carboxylic acid groups (broad SMARTS) is 1. The van der Waals surface area contributed by atoms with Gasteiger partial charge < -0.3 is 37.5 Å². The topological polar surface area (TPSA) is 222 Å². The fourth-order valence-corrected chi connectivity index (χ4v) is 3.72. The second-order valence-electron chi connectivity index (χ2n) is 9.40. The summed E-state index contributed by atoms with van der Waals surface area (Å²) < 4.78 is 0. The Morgan fingerprint density at radius 3 is 2.08 bits per heavy atom. The number of H-pyrrole nitrogens is 1. The third-order valence-electron chi connectivity index (χ3n) is 5.61. The number of carbonyl (C=O) groups is 5. The molecule has 0 bridgehead atoms. The minimum atomic E-state index is -1.39. The van der Waals surface area contributed by atoms with E-state index in [2.05, 4.69) is 25.9 Å². The molecule has 0 aliphatic heterocycles. The molecule has 9 N–H and O–H groups in total. The van der Waals surface area contributed by atoms with Gasteiger partial charge in [-0.25, -0.2) is 9.78 Å². The summed E-state index contributed by atoms with van der Waals surface area (Å²) in [4.78, 5) is 69.0. The molecule has 0 saturated heterocycles. The largest absolute Gasteiger partial charge is 0.480 e. The number of benzene rings is 1. The Balaban J connectivity index is 2.20. The van der Waals surface area contributed by atoms with Gasteiger partial charge in [-0.2, -0.15) is 0 Å². The summed E-state index contributed by atoms with van der Waals surface area (Å²) in [5.41, 5.74) is 12.3. The van der Waals surface area contributed by atoms with Gasteiger partial charge in [0.25, 0.3) is 0 Å². The molecule has 2 aromatic rings. The zero-order valence-corrected chi connectivity index (χ0v) is 21.3. The molecular formula is C25H35N7O6. The minimum Gasteiger partial charge on any atom is -0.480 e. The van der Waals surface area contributed by atoms with Crippen molar-refractivity contribution in [2.24, 2.45) is 17.4 Å². The van der Waals surface area contributed by atoms with Crippen molar-refractivity contribution in [3.8, 4) is 0 Å². The van der Waals surface area contributed by atoms with Crippen LogP contribution >= 0.6 is 0 Å². The molecule has 4 unspecified atom stereocenters. The number of nitrogens with two attached hydrogens (primary N) is 2. The summed E-state index contributed by atoms with van der Waals surface area (Å²) in [5, 5.41) is 17.1. The molecule has 0 aliphatic carbocycles. The molecule has 0 spiro atoms. The van der Waals surface area contributed by atoms with Crippen molar-refractivity contribution < 1.29 is 29.1 Å². The Kier molecular flexibility index (Phi) is 11.4. The number of hydrogen-bond acceptors (Lipinski definition) is 7. The molecule has 13 nitrogen and oxygen atoms in total. The lowest BCUT2D eigenvalue weighted by Crippen LogP contribution is -2.58. The van der Waals surface area contributed by atoms with E-state index in [4.69, 9.17) is 11.5 Å². The van der Waals surface area contributed by atoms with Gasteiger partial charge in [-0.1, -0.05) is 44.2 Å². The molecule has 4 atom stereocenters. The lowest BCUT2D eigenvalue weighted by molar-refractivity contribution is -0.142. The van der Waals surface area contributed by atoms with Gasteiger partial charge in [0.1, 0.15) is 18.1 Å². The first kappa shape index (κ1) is 30.0. The predicted molar refractivity (Wildman–Crippen MR) is 137 cm³/mol. The molecule has 1 aromatic heterocycles. The number of amides is 4. The highest BCUT2D eigenvalue weighted by Gasteiger charge is 2.31. The van der Waals surface area contributed by atoms with Gasteiger partial charge in [0, 0.05) is 24.7 Å². The van der Waals surface area contributed by atoms with Crippen LogP contribution in [0.5, 0.6) is 0 Å². The van der Waals surface area contributed by atoms with E-state index >= 15 is 0 Å². The van der Waals surface area contributed by atoms with Crippen molar-refractivity contribution in [2.75, 3.05) is 0 Å². The first-order chi connectivity index (χ1) is 18.0. The van der Waals surface area contributed by atoms with Crippen LogP contribution in [-0.4, -0.2) is 68.8 Å². The lowest BCUT2D eigenvalue weighted by atomic mass is 10.0. The zero-order chi connectivity index (χ0) is 28.2. The number of nitrogens with one attached hydrogen (secondary N) is 4. The Bertz CT molecular complexity index is 1090. The van der Waals surface area contributed by atoms with Gasteiger partial charge in [-0.05, 0) is 17.9 Å². The van der Waals surface area contributed by atoms with E-state index in [0.717, 1.165) is 0 Å². The Morgan fingerprint density at radius 1 is 0.921 bits per heavy atom. The first-order valence-corrected chi connectivity index (χ1v) is 12.1. The van der Waals surface area contributed by atoms with Crippen LogP contribution in [-0.2, 0) is 36.8 Å². The molecule has 206 valence electrons. The standard InChI is InChI=1S/C25H35N7O6/c1-14(2)8-17(26)22(34)30-19(11-21(27)33)24(36)31-18(10-16-12-28-13-29-16)23(35)32-20(25(37)38)9-15-6-4-3-5-7-15/h3-7,12-14,17-20H,8-11,26H2,1-2H3,(H2,27,33)(H,28,29)(H,30,34)(H,31,36)(H,32,35)(H,37,38). The number of rotatable bonds is 15. The highest BCUT2D eigenvalue weighted by atomic mass is 16.4. The van der Waals surface area contributed by atoms with Gasteiger partial charge in [0.15, 0.2) is 0 Å². The van der Waals surface area contributed by atoms with Gasteiger partial charge in [-0.15, -0.1) is 0 Å². The van der Waals surface area contributed by atoms with Crippen LogP contribution < -0.4 is 27.4 Å². The summed E-state index contributed by atoms with van der Waals surface area (Å²) in [6.07, 6.45) is 2.59. The van der Waals surface area contributed by atoms with Crippen LogP contribution in [0.4, 0.5) is 0 Å². The van der Waals surface area contributed by atoms with Crippen molar-refractivity contribution in [1.82, 2.24) is 25.9 Å². The van der Waals surface area contributed by atoms with E-state index in [9.17, 15) is 29.1 Å². The number of hydrogen-bond donors (Lipinski definition) is 7. The van der Waals surface area contributed by atoms with Gasteiger partial charge in [0.05, 0.1) is 18.8 Å². The molecule has 1 heterocycles. The minimum absolute atomic E-state index is 0.0146. The second-order valence-corrected chi connectivity index (χ2v) is 9.40. The SMILES string of the molecule is CC(C)CC(N)C(=O)NC(CC(N)=O)C(=O)NC(Cc1cnc[nH]1)C(=O)NC(Cc1ccccc1)C(=O)O. The molecule has 38 heavy (non-hydrogen) atoms. The molecule has 2 rings (SSSR count). The molecule has 13 heteroatoms. The quantitative estimate of drug-likeness (QED) is 0.151. The number of carbonyl (C=O) groups excluding carboxylic acids is 4. The lowest BCUT2D eigenvalue weighted by Gasteiger charge is -2.25. The molecule has 0 aliphatic rings. The van der Waals surface area contributed by atoms with Gasteiger partial charge in [-0.3, -0.25) is 19.2 Å². The van der Waals surface area contributed by atoms with Crippen LogP contribution in [0, 0.1) is 5.92 Å². The van der Waals surface area contributed by atoms with Gasteiger partial charge >= 0.3 is 5.97 Å². The number of nitrogens with zero attached hydrogens (tertiary/aromatic N) is 1. The highest BCUT2D eigenvalue weighted by Crippen LogP contribution is 2.07. The number of carboxylic acids is 1. The number of aromatic nitrogens is 2. The van der Waals surface area contributed by atoms with Gasteiger partial charge in [0.2, 0.25) is 23.6 Å². The van der Waals surface area contributed by atoms with E-state index in [0.29, 0.717) is 17.7 Å². The number of aromatic amines is 1. The van der Waals surface area contributed by atoms with Crippen LogP contribution in [0.1, 0.15) is 37.9 Å². The van der Waals surface area contributed by atoms with E-state index in [1.807, 2.05) is 13.8 Å². The maximum Gasteiger partial charge on any atom is 0.326 e. The smallest absolute Gasteiger partial charge is 0.326 e. The maximum absolute atomic E-state index is 13.2. The molecule has 0 radical (unpaired) electrons. The third-order valence-corrected chi connectivity index (χ3v) is 5.61. The third kappa shape index (κ3) is 10.0. The number of aliphatic carboxylic acids is 1. The van der Waals surface area contributed by atoms with Crippen molar-refractivity contribution in [1.29, 1.82) is 0 Å². The molecular weight excluding hydrogens is 494 g/mol. The molecule has 0 fully saturated rings. The summed E-state index contributed by atoms with van der Waals surface area (Å²) >= 11 is 0. The van der Waals surface area contributed by atoms with Crippen LogP contribution in [0.15, 0.2) is 42.9 Å². The summed E-state index contributed by atoms with van der Waals surface area (Å²) in [6, 6.07) is 3.88. The number of imidazole rings is 1. The fourth-order valence-electron chi connectivity index (χ4n) is 3.72. The van der Waals surface area contributed by atoms with E-state index in [1.165, 1.54) is 12.5 Å². The molecule has 1 aromatic carbocycles. The average Bonchev–Trinajstić information content (AvgIpc) is 3.35. The Morgan fingerprint density at radius 2 is 1.53 bits per heavy atom. The molecule has 4 amide bonds. The van der Waals surface area contributed by atoms with Crippen molar-refractivity contribution in [3.63, 3.8) is 0 Å². The van der Waals surface area contributed by atoms with Crippen molar-refractivity contribution >= 4 is 29.6 Å². The maximum atomic E-state index is 13.2. The van der Waals surface area contributed by atoms with Crippen molar-refractivity contribution in [2.45, 2.75) is 63.7 Å². The highest BCUT2D eigenvalue weighted by molar-refractivity contribution is 5.96. The fraction of sp³-hybridized carbons (Fsp3) is 0.440. The van der Waals surface area contributed by atoms with Crippen molar-refractivity contribution in [3.05, 3.63) is 54.1 Å². The number of primary amides is 1. The summed E-state index contributed by atoms with van der Waals surface area (Å²) in [7, 11) is 0. The zero-order valence-electron chi connectivity index (χ0n) is 21.3. The van der Waals surface area contributed by atoms with E-state index in [1.54, 1.807) is 30.3 Å². The summed E-state index contributed by atoms with van der Waals surface area (Å²) in [6.45, 7) is 3.75. The van der Waals surface area contributed by atoms with Crippen LogP contribution in [0.25, 0.3) is 0 Å². The normalized spacial score (nSPS) is 14.1. The Hall–Kier alpha value is -4.26. The predicted octanol–water partition coefficient (Wildman–Crippen LogP) is -1.02. The molecule has 0 saturated carbocycles.